The minimum absolute atomic E-state index is 0.0291. The molecule has 2 fully saturated rings. The SMILES string of the molecule is Nc1ncc(F)c(N2CCN(CC3CC3)CC2)c1[N+](=O)[O-]. The number of nitro groups is 1. The first kappa shape index (κ1) is 14.0. The zero-order valence-electron chi connectivity index (χ0n) is 11.7. The Morgan fingerprint density at radius 3 is 2.62 bits per heavy atom. The van der Waals surface area contributed by atoms with Crippen LogP contribution in [0.3, 0.4) is 0 Å². The van der Waals surface area contributed by atoms with Crippen molar-refractivity contribution in [3.8, 4) is 0 Å². The van der Waals surface area contributed by atoms with Crippen LogP contribution in [0.4, 0.5) is 21.6 Å². The highest BCUT2D eigenvalue weighted by Gasteiger charge is 2.31. The predicted octanol–water partition coefficient (Wildman–Crippen LogP) is 1.24. The monoisotopic (exact) mass is 295 g/mol. The van der Waals surface area contributed by atoms with Crippen molar-refractivity contribution >= 4 is 17.2 Å². The van der Waals surface area contributed by atoms with Gasteiger partial charge in [-0.2, -0.15) is 0 Å². The van der Waals surface area contributed by atoms with Crippen LogP contribution < -0.4 is 10.6 Å². The lowest BCUT2D eigenvalue weighted by Gasteiger charge is -2.35. The summed E-state index contributed by atoms with van der Waals surface area (Å²) in [6.45, 7) is 3.78. The number of aromatic nitrogens is 1. The summed E-state index contributed by atoms with van der Waals surface area (Å²) in [7, 11) is 0. The fraction of sp³-hybridized carbons (Fsp3) is 0.615. The summed E-state index contributed by atoms with van der Waals surface area (Å²) < 4.78 is 14.0. The smallest absolute Gasteiger partial charge is 0.337 e. The molecule has 2 aliphatic rings. The van der Waals surface area contributed by atoms with Gasteiger partial charge in [0.2, 0.25) is 5.82 Å². The summed E-state index contributed by atoms with van der Waals surface area (Å²) in [5, 5.41) is 11.1. The molecule has 1 aliphatic carbocycles. The quantitative estimate of drug-likeness (QED) is 0.664. The fourth-order valence-corrected chi connectivity index (χ4v) is 2.78. The van der Waals surface area contributed by atoms with Crippen molar-refractivity contribution in [2.45, 2.75) is 12.8 Å². The lowest BCUT2D eigenvalue weighted by atomic mass is 10.2. The van der Waals surface area contributed by atoms with E-state index < -0.39 is 16.4 Å². The highest BCUT2D eigenvalue weighted by molar-refractivity contribution is 5.73. The molecule has 1 saturated carbocycles. The summed E-state index contributed by atoms with van der Waals surface area (Å²) in [5.41, 5.74) is 5.09. The van der Waals surface area contributed by atoms with Crippen molar-refractivity contribution in [3.63, 3.8) is 0 Å². The van der Waals surface area contributed by atoms with Crippen molar-refractivity contribution in [3.05, 3.63) is 22.1 Å². The second kappa shape index (κ2) is 5.44. The van der Waals surface area contributed by atoms with Gasteiger partial charge in [0.05, 0.1) is 11.1 Å². The summed E-state index contributed by atoms with van der Waals surface area (Å²) in [4.78, 5) is 18.1. The van der Waals surface area contributed by atoms with Crippen molar-refractivity contribution in [2.24, 2.45) is 5.92 Å². The molecule has 1 saturated heterocycles. The summed E-state index contributed by atoms with van der Waals surface area (Å²) >= 11 is 0. The Labute approximate surface area is 121 Å². The standard InChI is InChI=1S/C13H18FN5O2/c14-10-7-16-13(15)12(19(20)21)11(10)18-5-3-17(4-6-18)8-9-1-2-9/h7,9H,1-6,8H2,(H2,15,16). The van der Waals surface area contributed by atoms with E-state index >= 15 is 0 Å². The van der Waals surface area contributed by atoms with Gasteiger partial charge in [0.1, 0.15) is 0 Å². The number of hydrogen-bond donors (Lipinski definition) is 1. The second-order valence-corrected chi connectivity index (χ2v) is 5.68. The molecule has 0 spiro atoms. The van der Waals surface area contributed by atoms with Gasteiger partial charge in [-0.3, -0.25) is 15.0 Å². The number of anilines is 2. The van der Waals surface area contributed by atoms with Gasteiger partial charge < -0.3 is 10.6 Å². The zero-order chi connectivity index (χ0) is 15.0. The van der Waals surface area contributed by atoms with Crippen LogP contribution in [0.15, 0.2) is 6.20 Å². The molecule has 0 radical (unpaired) electrons. The van der Waals surface area contributed by atoms with E-state index in [0.717, 1.165) is 31.7 Å². The molecule has 0 aromatic carbocycles. The number of nitrogens with two attached hydrogens (primary N) is 1. The number of nitrogen functional groups attached to an aromatic ring is 1. The molecule has 2 N–H and O–H groups in total. The molecular weight excluding hydrogens is 277 g/mol. The first-order chi connectivity index (χ1) is 10.1. The number of nitrogens with zero attached hydrogens (tertiary/aromatic N) is 4. The van der Waals surface area contributed by atoms with Gasteiger partial charge in [-0.15, -0.1) is 0 Å². The number of piperazine rings is 1. The molecule has 0 bridgehead atoms. The minimum atomic E-state index is -0.688. The maximum atomic E-state index is 14.0. The van der Waals surface area contributed by atoms with E-state index in [9.17, 15) is 14.5 Å². The van der Waals surface area contributed by atoms with E-state index in [1.165, 1.54) is 12.8 Å². The topological polar surface area (TPSA) is 88.5 Å². The van der Waals surface area contributed by atoms with Gasteiger partial charge in [-0.25, -0.2) is 9.37 Å². The average Bonchev–Trinajstić information content (AvgIpc) is 3.26. The largest absolute Gasteiger partial charge is 0.378 e. The van der Waals surface area contributed by atoms with Gasteiger partial charge in [-0.1, -0.05) is 0 Å². The molecule has 0 atom stereocenters. The zero-order valence-corrected chi connectivity index (χ0v) is 11.7. The third kappa shape index (κ3) is 2.90. The Bertz CT molecular complexity index is 556. The maximum absolute atomic E-state index is 14.0. The minimum Gasteiger partial charge on any atom is -0.378 e. The third-order valence-corrected chi connectivity index (χ3v) is 4.09. The summed E-state index contributed by atoms with van der Waals surface area (Å²) in [6.07, 6.45) is 3.54. The predicted molar refractivity (Wildman–Crippen MR) is 76.6 cm³/mol. The van der Waals surface area contributed by atoms with Crippen molar-refractivity contribution in [2.75, 3.05) is 43.4 Å². The Morgan fingerprint density at radius 1 is 1.38 bits per heavy atom. The van der Waals surface area contributed by atoms with Crippen LogP contribution in [-0.2, 0) is 0 Å². The number of pyridine rings is 1. The molecule has 21 heavy (non-hydrogen) atoms. The average molecular weight is 295 g/mol. The van der Waals surface area contributed by atoms with Gasteiger partial charge in [0.25, 0.3) is 0 Å². The number of hydrogen-bond acceptors (Lipinski definition) is 6. The maximum Gasteiger partial charge on any atom is 0.337 e. The normalized spacial score (nSPS) is 19.8. The van der Waals surface area contributed by atoms with Crippen LogP contribution in [0.2, 0.25) is 0 Å². The van der Waals surface area contributed by atoms with Crippen molar-refractivity contribution in [1.29, 1.82) is 0 Å². The summed E-state index contributed by atoms with van der Waals surface area (Å²) in [5.74, 6) is -0.123. The van der Waals surface area contributed by atoms with Crippen LogP contribution in [0.25, 0.3) is 0 Å². The molecule has 1 aliphatic heterocycles. The number of rotatable bonds is 4. The Hall–Kier alpha value is -1.96. The van der Waals surface area contributed by atoms with E-state index in [1.807, 2.05) is 0 Å². The molecule has 114 valence electrons. The Balaban J connectivity index is 1.77. The van der Waals surface area contributed by atoms with Gasteiger partial charge in [0, 0.05) is 32.7 Å². The van der Waals surface area contributed by atoms with Crippen LogP contribution in [0.1, 0.15) is 12.8 Å². The van der Waals surface area contributed by atoms with E-state index in [1.54, 1.807) is 4.90 Å². The lowest BCUT2D eigenvalue weighted by molar-refractivity contribution is -0.383. The molecule has 0 unspecified atom stereocenters. The van der Waals surface area contributed by atoms with E-state index in [4.69, 9.17) is 5.73 Å². The van der Waals surface area contributed by atoms with Crippen LogP contribution >= 0.6 is 0 Å². The first-order valence-electron chi connectivity index (χ1n) is 7.12. The molecular formula is C13H18FN5O2. The third-order valence-electron chi connectivity index (χ3n) is 4.09. The van der Waals surface area contributed by atoms with Gasteiger partial charge in [0.15, 0.2) is 11.5 Å². The molecule has 8 heteroatoms. The highest BCUT2D eigenvalue weighted by atomic mass is 19.1. The Kier molecular flexibility index (Phi) is 3.62. The fourth-order valence-electron chi connectivity index (χ4n) is 2.78. The number of halogens is 1. The van der Waals surface area contributed by atoms with Crippen LogP contribution in [0.5, 0.6) is 0 Å². The molecule has 1 aromatic rings. The lowest BCUT2D eigenvalue weighted by Crippen LogP contribution is -2.47. The Morgan fingerprint density at radius 2 is 2.05 bits per heavy atom. The van der Waals surface area contributed by atoms with Crippen LogP contribution in [0, 0.1) is 21.8 Å². The van der Waals surface area contributed by atoms with E-state index in [2.05, 4.69) is 9.88 Å². The van der Waals surface area contributed by atoms with Crippen molar-refractivity contribution in [1.82, 2.24) is 9.88 Å². The molecule has 1 aromatic heterocycles. The summed E-state index contributed by atoms with van der Waals surface area (Å²) in [6, 6.07) is 0. The van der Waals surface area contributed by atoms with E-state index in [0.29, 0.717) is 13.1 Å². The molecule has 3 rings (SSSR count). The van der Waals surface area contributed by atoms with Gasteiger partial charge >= 0.3 is 5.69 Å². The van der Waals surface area contributed by atoms with E-state index in [-0.39, 0.29) is 11.5 Å². The second-order valence-electron chi connectivity index (χ2n) is 5.68. The first-order valence-corrected chi connectivity index (χ1v) is 7.12. The van der Waals surface area contributed by atoms with Gasteiger partial charge in [-0.05, 0) is 18.8 Å². The van der Waals surface area contributed by atoms with Crippen LogP contribution in [-0.4, -0.2) is 47.5 Å². The highest BCUT2D eigenvalue weighted by Crippen LogP contribution is 2.35. The molecule has 0 amide bonds. The van der Waals surface area contributed by atoms with Crippen molar-refractivity contribution < 1.29 is 9.31 Å². The molecule has 2 heterocycles. The molecule has 7 nitrogen and oxygen atoms in total.